The normalized spacial score (nSPS) is 10.3. The molecule has 0 aromatic carbocycles. The average Bonchev–Trinajstić information content (AvgIpc) is 2.03. The standard InChI is InChI=1S/C5H10O2.C3H8O.CH4/c1-3-4(2)5(6)7;1-2-3-4;/h4H,3H2,1-2H3,(H,6,7);4H,2-3H2,1H3;1H4. The van der Waals surface area contributed by atoms with Gasteiger partial charge in [-0.3, -0.25) is 4.79 Å². The summed E-state index contributed by atoms with van der Waals surface area (Å²) in [6.45, 7) is 5.81. The molecule has 12 heavy (non-hydrogen) atoms. The van der Waals surface area contributed by atoms with Crippen LogP contribution in [-0.2, 0) is 4.79 Å². The van der Waals surface area contributed by atoms with Crippen molar-refractivity contribution in [1.29, 1.82) is 0 Å². The van der Waals surface area contributed by atoms with Crippen molar-refractivity contribution in [3.05, 3.63) is 0 Å². The largest absolute Gasteiger partial charge is 0.481 e. The van der Waals surface area contributed by atoms with E-state index in [9.17, 15) is 4.79 Å². The van der Waals surface area contributed by atoms with Gasteiger partial charge < -0.3 is 10.2 Å². The van der Waals surface area contributed by atoms with E-state index < -0.39 is 5.97 Å². The number of aliphatic hydroxyl groups excluding tert-OH is 1. The van der Waals surface area contributed by atoms with E-state index >= 15 is 0 Å². The summed E-state index contributed by atoms with van der Waals surface area (Å²) < 4.78 is 0. The Morgan fingerprint density at radius 1 is 1.42 bits per heavy atom. The molecule has 3 heteroatoms. The average molecular weight is 178 g/mol. The first kappa shape index (κ1) is 17.5. The van der Waals surface area contributed by atoms with Gasteiger partial charge in [-0.15, -0.1) is 0 Å². The monoisotopic (exact) mass is 178 g/mol. The molecular formula is C9H22O3. The molecule has 0 bridgehead atoms. The lowest BCUT2D eigenvalue weighted by Crippen LogP contribution is -2.06. The molecular weight excluding hydrogens is 156 g/mol. The predicted octanol–water partition coefficient (Wildman–Crippen LogP) is 2.14. The van der Waals surface area contributed by atoms with Gasteiger partial charge in [0.15, 0.2) is 0 Å². The molecule has 0 aromatic heterocycles. The molecule has 0 rings (SSSR count). The van der Waals surface area contributed by atoms with Crippen molar-refractivity contribution >= 4 is 5.97 Å². The molecule has 0 saturated carbocycles. The van der Waals surface area contributed by atoms with E-state index in [2.05, 4.69) is 0 Å². The molecule has 0 aliphatic rings. The highest BCUT2D eigenvalue weighted by Gasteiger charge is 2.05. The van der Waals surface area contributed by atoms with Crippen molar-refractivity contribution in [2.24, 2.45) is 5.92 Å². The van der Waals surface area contributed by atoms with E-state index in [0.717, 1.165) is 12.8 Å². The Hall–Kier alpha value is -0.570. The zero-order chi connectivity index (χ0) is 9.28. The van der Waals surface area contributed by atoms with E-state index in [-0.39, 0.29) is 13.3 Å². The Labute approximate surface area is 75.4 Å². The SMILES string of the molecule is C.CCC(C)C(=O)O.CCCO. The van der Waals surface area contributed by atoms with Crippen molar-refractivity contribution in [3.63, 3.8) is 0 Å². The van der Waals surface area contributed by atoms with Crippen LogP contribution in [0.25, 0.3) is 0 Å². The molecule has 1 atom stereocenters. The van der Waals surface area contributed by atoms with Gasteiger partial charge in [0.05, 0.1) is 5.92 Å². The van der Waals surface area contributed by atoms with E-state index in [4.69, 9.17) is 10.2 Å². The highest BCUT2D eigenvalue weighted by atomic mass is 16.4. The molecule has 0 saturated heterocycles. The third kappa shape index (κ3) is 16.2. The van der Waals surface area contributed by atoms with Crippen LogP contribution in [0.4, 0.5) is 0 Å². The first-order chi connectivity index (χ1) is 5.09. The minimum Gasteiger partial charge on any atom is -0.481 e. The van der Waals surface area contributed by atoms with Gasteiger partial charge in [0.25, 0.3) is 0 Å². The molecule has 0 radical (unpaired) electrons. The van der Waals surface area contributed by atoms with Crippen LogP contribution < -0.4 is 0 Å². The first-order valence-corrected chi connectivity index (χ1v) is 3.93. The fourth-order valence-electron chi connectivity index (χ4n) is 0.175. The topological polar surface area (TPSA) is 57.5 Å². The summed E-state index contributed by atoms with van der Waals surface area (Å²) >= 11 is 0. The summed E-state index contributed by atoms with van der Waals surface area (Å²) in [5.74, 6) is -0.887. The summed E-state index contributed by atoms with van der Waals surface area (Å²) in [7, 11) is 0. The van der Waals surface area contributed by atoms with Crippen molar-refractivity contribution < 1.29 is 15.0 Å². The van der Waals surface area contributed by atoms with Gasteiger partial charge >= 0.3 is 5.97 Å². The zero-order valence-corrected chi connectivity index (χ0v) is 7.50. The van der Waals surface area contributed by atoms with Crippen molar-refractivity contribution in [2.45, 2.75) is 41.0 Å². The molecule has 76 valence electrons. The Balaban J connectivity index is -0.000000142. The van der Waals surface area contributed by atoms with Crippen LogP contribution in [-0.4, -0.2) is 22.8 Å². The smallest absolute Gasteiger partial charge is 0.306 e. The third-order valence-corrected chi connectivity index (χ3v) is 1.26. The minimum atomic E-state index is -0.706. The number of carboxylic acid groups (broad SMARTS) is 1. The van der Waals surface area contributed by atoms with Crippen LogP contribution in [0.5, 0.6) is 0 Å². The molecule has 3 nitrogen and oxygen atoms in total. The van der Waals surface area contributed by atoms with Gasteiger partial charge in [-0.2, -0.15) is 0 Å². The second-order valence-corrected chi connectivity index (χ2v) is 2.37. The number of aliphatic carboxylic acids is 1. The molecule has 0 fully saturated rings. The number of aliphatic hydroxyl groups is 1. The second-order valence-electron chi connectivity index (χ2n) is 2.37. The summed E-state index contributed by atoms with van der Waals surface area (Å²) in [4.78, 5) is 9.93. The number of rotatable bonds is 3. The maximum Gasteiger partial charge on any atom is 0.306 e. The van der Waals surface area contributed by atoms with Crippen LogP contribution in [0, 0.1) is 5.92 Å². The summed E-state index contributed by atoms with van der Waals surface area (Å²) in [6.07, 6.45) is 1.59. The quantitative estimate of drug-likeness (QED) is 0.696. The Bertz CT molecular complexity index is 89.8. The van der Waals surface area contributed by atoms with Crippen LogP contribution >= 0.6 is 0 Å². The van der Waals surface area contributed by atoms with Gasteiger partial charge in [-0.1, -0.05) is 28.2 Å². The Morgan fingerprint density at radius 2 is 1.75 bits per heavy atom. The van der Waals surface area contributed by atoms with Crippen LogP contribution in [0.3, 0.4) is 0 Å². The highest BCUT2D eigenvalue weighted by molar-refractivity contribution is 5.69. The van der Waals surface area contributed by atoms with Gasteiger partial charge in [0.2, 0.25) is 0 Å². The lowest BCUT2D eigenvalue weighted by molar-refractivity contribution is -0.141. The molecule has 0 amide bonds. The zero-order valence-electron chi connectivity index (χ0n) is 7.50. The molecule has 0 aliphatic heterocycles. The summed E-state index contributed by atoms with van der Waals surface area (Å²) in [5.41, 5.74) is 0. The summed E-state index contributed by atoms with van der Waals surface area (Å²) in [6, 6.07) is 0. The number of hydrogen-bond donors (Lipinski definition) is 2. The van der Waals surface area contributed by atoms with Crippen LogP contribution in [0.1, 0.15) is 41.0 Å². The Morgan fingerprint density at radius 3 is 1.75 bits per heavy atom. The van der Waals surface area contributed by atoms with Gasteiger partial charge in [-0.25, -0.2) is 0 Å². The Kier molecular flexibility index (Phi) is 19.0. The van der Waals surface area contributed by atoms with Crippen molar-refractivity contribution in [2.75, 3.05) is 6.61 Å². The third-order valence-electron chi connectivity index (χ3n) is 1.26. The minimum absolute atomic E-state index is 0. The molecule has 0 aliphatic carbocycles. The fraction of sp³-hybridized carbons (Fsp3) is 0.889. The number of carbonyl (C=O) groups is 1. The van der Waals surface area contributed by atoms with E-state index in [1.807, 2.05) is 13.8 Å². The highest BCUT2D eigenvalue weighted by Crippen LogP contribution is 1.97. The predicted molar refractivity (Wildman–Crippen MR) is 51.2 cm³/mol. The molecule has 0 aromatic rings. The molecule has 0 heterocycles. The van der Waals surface area contributed by atoms with Crippen molar-refractivity contribution in [1.82, 2.24) is 0 Å². The maximum atomic E-state index is 9.93. The first-order valence-electron chi connectivity index (χ1n) is 3.93. The maximum absolute atomic E-state index is 9.93. The number of carboxylic acids is 1. The van der Waals surface area contributed by atoms with Crippen LogP contribution in [0.15, 0.2) is 0 Å². The molecule has 1 unspecified atom stereocenters. The fourth-order valence-corrected chi connectivity index (χ4v) is 0.175. The van der Waals surface area contributed by atoms with Gasteiger partial charge in [0, 0.05) is 6.61 Å². The number of hydrogen-bond acceptors (Lipinski definition) is 2. The van der Waals surface area contributed by atoms with Crippen LogP contribution in [0.2, 0.25) is 0 Å². The van der Waals surface area contributed by atoms with Gasteiger partial charge in [-0.05, 0) is 12.8 Å². The second kappa shape index (κ2) is 13.1. The van der Waals surface area contributed by atoms with E-state index in [1.165, 1.54) is 0 Å². The summed E-state index contributed by atoms with van der Waals surface area (Å²) in [5, 5.41) is 16.1. The van der Waals surface area contributed by atoms with E-state index in [0.29, 0.717) is 6.61 Å². The molecule has 2 N–H and O–H groups in total. The molecule has 0 spiro atoms. The lowest BCUT2D eigenvalue weighted by atomic mass is 10.1. The van der Waals surface area contributed by atoms with Crippen molar-refractivity contribution in [3.8, 4) is 0 Å². The van der Waals surface area contributed by atoms with Gasteiger partial charge in [0.1, 0.15) is 0 Å². The van der Waals surface area contributed by atoms with E-state index in [1.54, 1.807) is 6.92 Å². The lowest BCUT2D eigenvalue weighted by Gasteiger charge is -1.96.